The Morgan fingerprint density at radius 2 is 0.881 bits per heavy atom. The molecule has 3 amide bonds. The highest BCUT2D eigenvalue weighted by atomic mass is 35.5. The van der Waals surface area contributed by atoms with Crippen molar-refractivity contribution in [3.05, 3.63) is 162 Å². The highest BCUT2D eigenvalue weighted by molar-refractivity contribution is 6.54. The molecule has 9 heterocycles. The molecule has 4 aromatic heterocycles. The molecule has 0 bridgehead atoms. The summed E-state index contributed by atoms with van der Waals surface area (Å²) in [4.78, 5) is 75.8. The van der Waals surface area contributed by atoms with E-state index in [0.29, 0.717) is 63.2 Å². The zero-order valence-electron chi connectivity index (χ0n) is 63.6. The van der Waals surface area contributed by atoms with Crippen LogP contribution in [0, 0.1) is 0 Å². The van der Waals surface area contributed by atoms with E-state index in [-0.39, 0.29) is 36.6 Å². The summed E-state index contributed by atoms with van der Waals surface area (Å²) in [5.41, 5.74) is 7.36. The number of likely N-dealkylation sites (tertiary alicyclic amines) is 1. The SMILES string of the molecule is CC.CC(C)(C)OC(=O)N1CC=C(B2OC(C)(C)C(C)(C)O2)CC1.CC(C)(C)OC(=O)N1CC=C(c2ncnc3ccccc23)CC1.CC(C)(C)OC(=O)N1CCC(c2ncnc3ccccc23)CC1.CO.Clc1ncnc2ccccc12.[2H]CC.c1ccc2c(C3CCNCC3)ncnc2c1. The van der Waals surface area contributed by atoms with Crippen LogP contribution in [0.5, 0.6) is 0 Å². The van der Waals surface area contributed by atoms with Crippen molar-refractivity contribution in [2.75, 3.05) is 59.5 Å². The monoisotopic (exact) mass is 1400 g/mol. The Morgan fingerprint density at radius 1 is 0.515 bits per heavy atom. The van der Waals surface area contributed by atoms with Gasteiger partial charge in [0.25, 0.3) is 0 Å². The van der Waals surface area contributed by atoms with Crippen molar-refractivity contribution in [2.45, 2.75) is 196 Å². The van der Waals surface area contributed by atoms with Gasteiger partial charge in [-0.25, -0.2) is 54.3 Å². The Kier molecular flexibility index (Phi) is 30.2. The van der Waals surface area contributed by atoms with Crippen LogP contribution < -0.4 is 5.32 Å². The second-order valence-electron chi connectivity index (χ2n) is 28.2. The Hall–Kier alpha value is -8.28. The standard InChI is InChI=1S/C18H23N3O2.C18H21N3O2.C16H28BNO4.C13H15N3.C8H5ClN2.2C2H6.CH4O/c2*1-18(2,3)23-17(22)21-10-8-13(9-11-21)16-14-6-4-5-7-15(14)19-12-20-16;1-14(2,3)20-13(19)18-10-8-12(9-11-18)17-21-15(4,5)16(6,7)22-17;1-2-4-12-11(3-1)13(16-9-15-12)10-5-7-14-8-6-10;9-8-6-3-1-2-4-7(6)10-5-11-8;3*1-2/h4-7,12-13H,8-11H2,1-3H3;4-8,12H,9-11H2,1-3H3;8H,9-11H2,1-7H3;1-4,9-10,14H,5-8H2;1-5H;2*1-2H3;2H,1H3/i;;;;;1D;;. The molecule has 5 aliphatic rings. The quantitative estimate of drug-likeness (QED) is 0.0945. The van der Waals surface area contributed by atoms with Crippen molar-refractivity contribution >= 4 is 86.2 Å². The number of carbonyl (C=O) groups is 3. The van der Waals surface area contributed by atoms with Crippen molar-refractivity contribution in [3.63, 3.8) is 0 Å². The molecule has 13 rings (SSSR count). The van der Waals surface area contributed by atoms with E-state index in [1.807, 2.05) is 183 Å². The van der Waals surface area contributed by atoms with Crippen LogP contribution in [-0.2, 0) is 23.5 Å². The largest absolute Gasteiger partial charge is 0.490 e. The number of amides is 3. The van der Waals surface area contributed by atoms with Gasteiger partial charge in [-0.15, -0.1) is 0 Å². The van der Waals surface area contributed by atoms with Gasteiger partial charge in [0.15, 0.2) is 0 Å². The molecule has 23 heteroatoms. The number of rotatable bonds is 4. The van der Waals surface area contributed by atoms with Gasteiger partial charge in [-0.3, -0.25) is 0 Å². The lowest BCUT2D eigenvalue weighted by atomic mass is 9.75. The van der Waals surface area contributed by atoms with E-state index in [1.54, 1.807) is 40.6 Å². The minimum absolute atomic E-state index is 0.219. The summed E-state index contributed by atoms with van der Waals surface area (Å²) in [7, 11) is 0.686. The fourth-order valence-corrected chi connectivity index (χ4v) is 11.7. The predicted molar refractivity (Wildman–Crippen MR) is 406 cm³/mol. The van der Waals surface area contributed by atoms with Crippen LogP contribution in [0.15, 0.2) is 140 Å². The molecular formula is C78H108BClN12O9. The molecule has 0 radical (unpaired) electrons. The fraction of sp³-hybridized carbons (Fsp3) is 0.500. The Bertz CT molecular complexity index is 4000. The number of nitrogens with one attached hydrogen (secondary N) is 1. The van der Waals surface area contributed by atoms with E-state index >= 15 is 0 Å². The number of nitrogens with zero attached hydrogens (tertiary/aromatic N) is 11. The zero-order chi connectivity index (χ0) is 74.8. The molecule has 0 spiro atoms. The second-order valence-corrected chi connectivity index (χ2v) is 28.5. The first-order valence-corrected chi connectivity index (χ1v) is 35.5. The van der Waals surface area contributed by atoms with Gasteiger partial charge in [-0.05, 0) is 183 Å². The Balaban J connectivity index is 0.000000199. The third-order valence-corrected chi connectivity index (χ3v) is 17.4. The second kappa shape index (κ2) is 38.1. The number of aliphatic hydroxyl groups excluding tert-OH is 1. The lowest BCUT2D eigenvalue weighted by molar-refractivity contribution is 0.00578. The van der Waals surface area contributed by atoms with Crippen molar-refractivity contribution in [3.8, 4) is 0 Å². The Labute approximate surface area is 605 Å². The van der Waals surface area contributed by atoms with E-state index in [0.717, 1.165) is 107 Å². The van der Waals surface area contributed by atoms with Crippen LogP contribution in [0.3, 0.4) is 0 Å². The molecule has 4 aromatic carbocycles. The summed E-state index contributed by atoms with van der Waals surface area (Å²) in [6.07, 6.45) is 15.4. The number of piperidine rings is 2. The maximum Gasteiger partial charge on any atom is 0.490 e. The molecule has 21 nitrogen and oxygen atoms in total. The smallest absolute Gasteiger partial charge is 0.444 e. The van der Waals surface area contributed by atoms with E-state index < -0.39 is 16.8 Å². The third kappa shape index (κ3) is 23.9. The van der Waals surface area contributed by atoms with E-state index in [2.05, 4.69) is 75.5 Å². The minimum Gasteiger partial charge on any atom is -0.444 e. The topological polar surface area (TPSA) is 242 Å². The van der Waals surface area contributed by atoms with Gasteiger partial charge >= 0.3 is 25.4 Å². The first-order chi connectivity index (χ1) is 48.5. The highest BCUT2D eigenvalue weighted by Crippen LogP contribution is 2.40. The van der Waals surface area contributed by atoms with E-state index in [4.69, 9.17) is 41.6 Å². The van der Waals surface area contributed by atoms with Crippen LogP contribution in [0.25, 0.3) is 49.2 Å². The number of benzene rings is 4. The van der Waals surface area contributed by atoms with Gasteiger partial charge in [0.2, 0.25) is 0 Å². The minimum atomic E-state index is -0.468. The molecular weight excluding hydrogens is 1300 g/mol. The molecule has 0 aliphatic carbocycles. The summed E-state index contributed by atoms with van der Waals surface area (Å²) >= 11 is 5.81. The maximum atomic E-state index is 12.1. The average Bonchev–Trinajstić information content (AvgIpc) is 1.60. The Morgan fingerprint density at radius 3 is 1.30 bits per heavy atom. The summed E-state index contributed by atoms with van der Waals surface area (Å²) in [5, 5.41) is 15.2. The van der Waals surface area contributed by atoms with Gasteiger partial charge in [0, 0.05) is 81.1 Å². The normalized spacial score (nSPS) is 16.8. The van der Waals surface area contributed by atoms with Gasteiger partial charge in [-0.1, -0.05) is 118 Å². The molecule has 2 N–H and O–H groups in total. The molecule has 3 saturated heterocycles. The number of carbonyl (C=O) groups excluding carboxylic acids is 3. The van der Waals surface area contributed by atoms with Crippen molar-refractivity contribution < 1.29 is 44.4 Å². The average molecular weight is 1410 g/mol. The summed E-state index contributed by atoms with van der Waals surface area (Å²) in [6.45, 7) is 37.4. The van der Waals surface area contributed by atoms with Crippen molar-refractivity contribution in [1.82, 2.24) is 59.9 Å². The number of para-hydroxylation sites is 4. The number of aliphatic hydroxyl groups is 1. The van der Waals surface area contributed by atoms with Crippen LogP contribution >= 0.6 is 11.6 Å². The molecule has 544 valence electrons. The van der Waals surface area contributed by atoms with Crippen molar-refractivity contribution in [2.24, 2.45) is 0 Å². The zero-order valence-corrected chi connectivity index (χ0v) is 63.3. The number of fused-ring (bicyclic) bond motifs is 4. The van der Waals surface area contributed by atoms with Crippen LogP contribution in [0.4, 0.5) is 14.4 Å². The van der Waals surface area contributed by atoms with Crippen LogP contribution in [0.2, 0.25) is 5.15 Å². The summed E-state index contributed by atoms with van der Waals surface area (Å²) < 4.78 is 34.6. The number of hydrogen-bond donors (Lipinski definition) is 2. The van der Waals surface area contributed by atoms with Gasteiger partial charge in [-0.2, -0.15) is 0 Å². The van der Waals surface area contributed by atoms with Crippen LogP contribution in [0.1, 0.15) is 186 Å². The lowest BCUT2D eigenvalue weighted by Gasteiger charge is -2.33. The first-order valence-electron chi connectivity index (χ1n) is 35.8. The predicted octanol–water partition coefficient (Wildman–Crippen LogP) is 16.6. The van der Waals surface area contributed by atoms with Gasteiger partial charge in [0.1, 0.15) is 47.3 Å². The number of aromatic nitrogens is 8. The summed E-state index contributed by atoms with van der Waals surface area (Å²) in [5.74, 6) is 0.954. The van der Waals surface area contributed by atoms with Crippen molar-refractivity contribution in [1.29, 1.82) is 0 Å². The molecule has 8 aromatic rings. The summed E-state index contributed by atoms with van der Waals surface area (Å²) in [6, 6.07) is 32.0. The van der Waals surface area contributed by atoms with Gasteiger partial charge in [0.05, 0.1) is 50.4 Å². The molecule has 0 atom stereocenters. The van der Waals surface area contributed by atoms with E-state index in [1.165, 1.54) is 30.2 Å². The molecule has 3 fully saturated rings. The lowest BCUT2D eigenvalue weighted by Crippen LogP contribution is -2.41. The van der Waals surface area contributed by atoms with E-state index in [9.17, 15) is 14.4 Å². The fourth-order valence-electron chi connectivity index (χ4n) is 11.5. The molecule has 5 aliphatic heterocycles. The number of hydrogen-bond acceptors (Lipinski definition) is 18. The number of halogens is 1. The maximum absolute atomic E-state index is 12.1. The molecule has 0 saturated carbocycles. The van der Waals surface area contributed by atoms with Crippen LogP contribution in [-0.4, -0.2) is 173 Å². The third-order valence-electron chi connectivity index (χ3n) is 17.1. The molecule has 101 heavy (non-hydrogen) atoms. The highest BCUT2D eigenvalue weighted by Gasteiger charge is 2.52. The van der Waals surface area contributed by atoms with Gasteiger partial charge < -0.3 is 48.6 Å². The number of ether oxygens (including phenoxy) is 3. The first kappa shape index (κ1) is 80.0. The molecule has 0 unspecified atom stereocenters.